The normalized spacial score (nSPS) is 11.0. The second-order valence-electron chi connectivity index (χ2n) is 6.48. The molecule has 4 aromatic rings. The van der Waals surface area contributed by atoms with Crippen molar-refractivity contribution in [2.75, 3.05) is 5.32 Å². The van der Waals surface area contributed by atoms with E-state index in [0.717, 1.165) is 5.56 Å². The van der Waals surface area contributed by atoms with E-state index in [9.17, 15) is 9.59 Å². The Kier molecular flexibility index (Phi) is 5.41. The number of amides is 1. The van der Waals surface area contributed by atoms with Gasteiger partial charge in [0, 0.05) is 22.2 Å². The lowest BCUT2D eigenvalue weighted by Gasteiger charge is -2.04. The number of carbonyl (C=O) groups excluding carboxylic acids is 1. The Morgan fingerprint density at radius 1 is 1.17 bits per heavy atom. The maximum absolute atomic E-state index is 12.7. The van der Waals surface area contributed by atoms with Crippen molar-refractivity contribution in [3.8, 4) is 0 Å². The molecule has 2 aromatic heterocycles. The molecule has 0 spiro atoms. The second kappa shape index (κ2) is 7.99. The number of aromatic nitrogens is 2. The number of thiophene rings is 1. The van der Waals surface area contributed by atoms with Crippen LogP contribution in [-0.4, -0.2) is 15.9 Å². The number of hydrogen-bond donors (Lipinski definition) is 2. The summed E-state index contributed by atoms with van der Waals surface area (Å²) in [4.78, 5) is 33.7. The summed E-state index contributed by atoms with van der Waals surface area (Å²) in [6.45, 7) is 1.76. The SMILES string of the molecule is Cc1c(C(=O)Nc2ccccc2)sc2nc(Cc3ccc(Cl)cc3Cl)[nH]c(=O)c12. The Balaban J connectivity index is 1.69. The Labute approximate surface area is 180 Å². The van der Waals surface area contributed by atoms with E-state index in [2.05, 4.69) is 15.3 Å². The number of carbonyl (C=O) groups is 1. The van der Waals surface area contributed by atoms with Gasteiger partial charge < -0.3 is 10.3 Å². The minimum atomic E-state index is -0.275. The topological polar surface area (TPSA) is 74.8 Å². The predicted octanol–water partition coefficient (Wildman–Crippen LogP) is 5.44. The van der Waals surface area contributed by atoms with Gasteiger partial charge in [-0.15, -0.1) is 11.3 Å². The first kappa shape index (κ1) is 19.6. The highest BCUT2D eigenvalue weighted by Crippen LogP contribution is 2.29. The molecular weight excluding hydrogens is 429 g/mol. The van der Waals surface area contributed by atoms with Gasteiger partial charge in [-0.1, -0.05) is 47.5 Å². The largest absolute Gasteiger partial charge is 0.321 e. The van der Waals surface area contributed by atoms with Gasteiger partial charge in [-0.3, -0.25) is 9.59 Å². The first-order valence-electron chi connectivity index (χ1n) is 8.75. The van der Waals surface area contributed by atoms with E-state index in [0.29, 0.717) is 48.6 Å². The molecule has 1 amide bonds. The van der Waals surface area contributed by atoms with Crippen LogP contribution in [0.2, 0.25) is 10.0 Å². The summed E-state index contributed by atoms with van der Waals surface area (Å²) in [5.41, 5.74) is 1.83. The molecule has 0 radical (unpaired) electrons. The summed E-state index contributed by atoms with van der Waals surface area (Å²) in [6, 6.07) is 14.4. The highest BCUT2D eigenvalue weighted by atomic mass is 35.5. The molecule has 2 N–H and O–H groups in total. The molecule has 4 rings (SSSR count). The third kappa shape index (κ3) is 4.05. The standard InChI is InChI=1S/C21H15Cl2N3O2S/c1-11-17-19(27)25-16(9-12-7-8-13(22)10-15(12)23)26-21(17)29-18(11)20(28)24-14-5-3-2-4-6-14/h2-8,10H,9H2,1H3,(H,24,28)(H,25,26,27). The summed E-state index contributed by atoms with van der Waals surface area (Å²) >= 11 is 13.4. The molecule has 0 fully saturated rings. The molecule has 0 saturated heterocycles. The van der Waals surface area contributed by atoms with Crippen LogP contribution in [0.15, 0.2) is 53.3 Å². The number of halogens is 2. The Hall–Kier alpha value is -2.67. The number of rotatable bonds is 4. The molecule has 29 heavy (non-hydrogen) atoms. The van der Waals surface area contributed by atoms with Gasteiger partial charge in [0.1, 0.15) is 10.7 Å². The minimum Gasteiger partial charge on any atom is -0.321 e. The Morgan fingerprint density at radius 2 is 1.93 bits per heavy atom. The van der Waals surface area contributed by atoms with Crippen LogP contribution in [-0.2, 0) is 6.42 Å². The smallest absolute Gasteiger partial charge is 0.266 e. The van der Waals surface area contributed by atoms with Crippen molar-refractivity contribution >= 4 is 56.3 Å². The molecular formula is C21H15Cl2N3O2S. The monoisotopic (exact) mass is 443 g/mol. The molecule has 0 unspecified atom stereocenters. The van der Waals surface area contributed by atoms with Crippen molar-refractivity contribution in [1.82, 2.24) is 9.97 Å². The predicted molar refractivity (Wildman–Crippen MR) is 119 cm³/mol. The van der Waals surface area contributed by atoms with Crippen molar-refractivity contribution < 1.29 is 4.79 Å². The van der Waals surface area contributed by atoms with E-state index in [4.69, 9.17) is 23.2 Å². The molecule has 0 atom stereocenters. The quantitative estimate of drug-likeness (QED) is 0.440. The van der Waals surface area contributed by atoms with E-state index in [-0.39, 0.29) is 11.5 Å². The van der Waals surface area contributed by atoms with Gasteiger partial charge in [0.25, 0.3) is 11.5 Å². The minimum absolute atomic E-state index is 0.265. The van der Waals surface area contributed by atoms with Crippen LogP contribution in [0, 0.1) is 6.92 Å². The van der Waals surface area contributed by atoms with Crippen LogP contribution in [0.4, 0.5) is 5.69 Å². The molecule has 146 valence electrons. The lowest BCUT2D eigenvalue weighted by Crippen LogP contribution is -2.13. The zero-order valence-corrected chi connectivity index (χ0v) is 17.6. The van der Waals surface area contributed by atoms with Crippen LogP contribution in [0.1, 0.15) is 26.6 Å². The van der Waals surface area contributed by atoms with Crippen LogP contribution >= 0.6 is 34.5 Å². The number of nitrogens with zero attached hydrogens (tertiary/aromatic N) is 1. The molecule has 5 nitrogen and oxygen atoms in total. The molecule has 0 bridgehead atoms. The number of H-pyrrole nitrogens is 1. The lowest BCUT2D eigenvalue weighted by molar-refractivity contribution is 0.103. The molecule has 2 aromatic carbocycles. The Bertz CT molecular complexity index is 1280. The van der Waals surface area contributed by atoms with Gasteiger partial charge in [-0.05, 0) is 42.3 Å². The summed E-state index contributed by atoms with van der Waals surface area (Å²) in [5.74, 6) is 0.210. The molecule has 0 saturated carbocycles. The molecule has 0 aliphatic heterocycles. The van der Waals surface area contributed by atoms with Gasteiger partial charge in [0.05, 0.1) is 10.3 Å². The lowest BCUT2D eigenvalue weighted by atomic mass is 10.1. The number of aryl methyl sites for hydroxylation is 1. The van der Waals surface area contributed by atoms with Crippen molar-refractivity contribution in [3.05, 3.63) is 90.8 Å². The summed E-state index contributed by atoms with van der Waals surface area (Å²) in [6.07, 6.45) is 0.351. The zero-order chi connectivity index (χ0) is 20.5. The molecule has 8 heteroatoms. The summed E-state index contributed by atoms with van der Waals surface area (Å²) in [7, 11) is 0. The molecule has 0 aliphatic rings. The second-order valence-corrected chi connectivity index (χ2v) is 8.32. The van der Waals surface area contributed by atoms with Gasteiger partial charge >= 0.3 is 0 Å². The van der Waals surface area contributed by atoms with Crippen molar-refractivity contribution in [2.45, 2.75) is 13.3 Å². The van der Waals surface area contributed by atoms with Crippen LogP contribution in [0.3, 0.4) is 0 Å². The third-order valence-electron chi connectivity index (χ3n) is 4.46. The van der Waals surface area contributed by atoms with E-state index in [1.807, 2.05) is 18.2 Å². The van der Waals surface area contributed by atoms with Crippen LogP contribution in [0.25, 0.3) is 10.2 Å². The fourth-order valence-electron chi connectivity index (χ4n) is 3.04. The van der Waals surface area contributed by atoms with Crippen molar-refractivity contribution in [2.24, 2.45) is 0 Å². The average molecular weight is 444 g/mol. The van der Waals surface area contributed by atoms with Crippen molar-refractivity contribution in [1.29, 1.82) is 0 Å². The number of fused-ring (bicyclic) bond motifs is 1. The third-order valence-corrected chi connectivity index (χ3v) is 6.23. The van der Waals surface area contributed by atoms with Gasteiger partial charge in [-0.2, -0.15) is 0 Å². The number of nitrogens with one attached hydrogen (secondary N) is 2. The number of anilines is 1. The fraction of sp³-hybridized carbons (Fsp3) is 0.0952. The number of benzene rings is 2. The first-order chi connectivity index (χ1) is 13.9. The zero-order valence-electron chi connectivity index (χ0n) is 15.3. The maximum Gasteiger partial charge on any atom is 0.266 e. The summed E-state index contributed by atoms with van der Waals surface area (Å²) in [5, 5.41) is 4.32. The number of aromatic amines is 1. The first-order valence-corrected chi connectivity index (χ1v) is 10.3. The van der Waals surface area contributed by atoms with Gasteiger partial charge in [-0.25, -0.2) is 4.98 Å². The highest BCUT2D eigenvalue weighted by Gasteiger charge is 2.19. The van der Waals surface area contributed by atoms with E-state index >= 15 is 0 Å². The average Bonchev–Trinajstić information content (AvgIpc) is 3.02. The maximum atomic E-state index is 12.7. The summed E-state index contributed by atoms with van der Waals surface area (Å²) < 4.78 is 0. The number of hydrogen-bond acceptors (Lipinski definition) is 4. The fourth-order valence-corrected chi connectivity index (χ4v) is 4.61. The van der Waals surface area contributed by atoms with Gasteiger partial charge in [0.15, 0.2) is 0 Å². The number of para-hydroxylation sites is 1. The Morgan fingerprint density at radius 3 is 2.66 bits per heavy atom. The van der Waals surface area contributed by atoms with Crippen LogP contribution < -0.4 is 10.9 Å². The van der Waals surface area contributed by atoms with E-state index in [1.54, 1.807) is 37.3 Å². The van der Waals surface area contributed by atoms with E-state index < -0.39 is 0 Å². The molecule has 0 aliphatic carbocycles. The highest BCUT2D eigenvalue weighted by molar-refractivity contribution is 7.20. The van der Waals surface area contributed by atoms with Crippen molar-refractivity contribution in [3.63, 3.8) is 0 Å². The van der Waals surface area contributed by atoms with E-state index in [1.165, 1.54) is 11.3 Å². The van der Waals surface area contributed by atoms with Gasteiger partial charge in [0.2, 0.25) is 0 Å². The van der Waals surface area contributed by atoms with Crippen LogP contribution in [0.5, 0.6) is 0 Å². The molecule has 2 heterocycles.